The summed E-state index contributed by atoms with van der Waals surface area (Å²) in [5.74, 6) is -2.10. The van der Waals surface area contributed by atoms with Gasteiger partial charge in [-0.25, -0.2) is 8.78 Å². The van der Waals surface area contributed by atoms with Crippen molar-refractivity contribution in [1.82, 2.24) is 4.90 Å². The number of carbonyl (C=O) groups is 1. The van der Waals surface area contributed by atoms with Crippen LogP contribution in [0.15, 0.2) is 48.5 Å². The van der Waals surface area contributed by atoms with E-state index in [1.807, 2.05) is 18.2 Å². The largest absolute Gasteiger partial charge is 0.393 e. The Hall–Kier alpha value is -2.27. The summed E-state index contributed by atoms with van der Waals surface area (Å²) in [5.41, 5.74) is 1.37. The highest BCUT2D eigenvalue weighted by Gasteiger charge is 2.28. The van der Waals surface area contributed by atoms with E-state index in [1.54, 1.807) is 4.90 Å². The van der Waals surface area contributed by atoms with Crippen molar-refractivity contribution in [3.05, 3.63) is 71.3 Å². The predicted octanol–water partition coefficient (Wildman–Crippen LogP) is 3.81. The van der Waals surface area contributed by atoms with E-state index in [2.05, 4.69) is 12.1 Å². The standard InChI is InChI=1S/C21H23F2NO2/c22-18-8-7-17(14-19(18)23)21(26)24-12-10-16(11-13-24)20(25)9-6-15-4-2-1-3-5-15/h1-5,7-8,14,16,20,25H,6,9-13H2/t20-/m1/s1. The zero-order valence-electron chi connectivity index (χ0n) is 14.6. The highest BCUT2D eigenvalue weighted by atomic mass is 19.2. The molecular weight excluding hydrogens is 336 g/mol. The molecule has 1 aliphatic heterocycles. The molecule has 1 saturated heterocycles. The maximum Gasteiger partial charge on any atom is 0.253 e. The topological polar surface area (TPSA) is 40.5 Å². The van der Waals surface area contributed by atoms with Gasteiger partial charge < -0.3 is 10.0 Å². The number of piperidine rings is 1. The van der Waals surface area contributed by atoms with Gasteiger partial charge in [0.15, 0.2) is 11.6 Å². The summed E-state index contributed by atoms with van der Waals surface area (Å²) in [4.78, 5) is 14.1. The lowest BCUT2D eigenvalue weighted by Gasteiger charge is -2.34. The number of likely N-dealkylation sites (tertiary alicyclic amines) is 1. The van der Waals surface area contributed by atoms with Crippen molar-refractivity contribution < 1.29 is 18.7 Å². The summed E-state index contributed by atoms with van der Waals surface area (Å²) in [6.45, 7) is 1.04. The molecule has 1 amide bonds. The number of hydrogen-bond donors (Lipinski definition) is 1. The Balaban J connectivity index is 1.50. The van der Waals surface area contributed by atoms with Crippen molar-refractivity contribution in [1.29, 1.82) is 0 Å². The van der Waals surface area contributed by atoms with Gasteiger partial charge in [-0.1, -0.05) is 30.3 Å². The lowest BCUT2D eigenvalue weighted by atomic mass is 9.88. The predicted molar refractivity (Wildman–Crippen MR) is 95.8 cm³/mol. The van der Waals surface area contributed by atoms with Crippen LogP contribution in [0.2, 0.25) is 0 Å². The number of aliphatic hydroxyl groups excluding tert-OH is 1. The average molecular weight is 359 g/mol. The molecule has 2 aromatic rings. The molecule has 138 valence electrons. The second-order valence-electron chi connectivity index (χ2n) is 6.85. The van der Waals surface area contributed by atoms with Gasteiger partial charge in [0, 0.05) is 18.7 Å². The fraction of sp³-hybridized carbons (Fsp3) is 0.381. The number of halogens is 2. The Morgan fingerprint density at radius 1 is 1.08 bits per heavy atom. The summed E-state index contributed by atoms with van der Waals surface area (Å²) in [6.07, 6.45) is 2.56. The van der Waals surface area contributed by atoms with Crippen LogP contribution in [0.3, 0.4) is 0 Å². The number of nitrogens with zero attached hydrogens (tertiary/aromatic N) is 1. The van der Waals surface area contributed by atoms with Crippen molar-refractivity contribution >= 4 is 5.91 Å². The number of carbonyl (C=O) groups excluding carboxylic acids is 1. The average Bonchev–Trinajstić information content (AvgIpc) is 2.68. The van der Waals surface area contributed by atoms with Crippen LogP contribution in [0, 0.1) is 17.6 Å². The number of rotatable bonds is 5. The van der Waals surface area contributed by atoms with E-state index in [0.29, 0.717) is 32.4 Å². The molecule has 0 bridgehead atoms. The lowest BCUT2D eigenvalue weighted by molar-refractivity contribution is 0.0436. The number of benzene rings is 2. The van der Waals surface area contributed by atoms with Gasteiger partial charge in [-0.3, -0.25) is 4.79 Å². The number of aliphatic hydroxyl groups is 1. The number of aryl methyl sites for hydroxylation is 1. The maximum absolute atomic E-state index is 13.3. The van der Waals surface area contributed by atoms with Gasteiger partial charge >= 0.3 is 0 Å². The van der Waals surface area contributed by atoms with Gasteiger partial charge in [-0.2, -0.15) is 0 Å². The molecule has 0 radical (unpaired) electrons. The molecule has 3 nitrogen and oxygen atoms in total. The van der Waals surface area contributed by atoms with Crippen LogP contribution in [0.5, 0.6) is 0 Å². The third-order valence-electron chi connectivity index (χ3n) is 5.11. The zero-order valence-corrected chi connectivity index (χ0v) is 14.6. The minimum atomic E-state index is -1.01. The molecule has 1 atom stereocenters. The summed E-state index contributed by atoms with van der Waals surface area (Å²) in [5, 5.41) is 10.4. The monoisotopic (exact) mass is 359 g/mol. The van der Waals surface area contributed by atoms with E-state index >= 15 is 0 Å². The zero-order chi connectivity index (χ0) is 18.5. The Morgan fingerprint density at radius 2 is 1.77 bits per heavy atom. The van der Waals surface area contributed by atoms with Crippen LogP contribution in [-0.2, 0) is 6.42 Å². The normalized spacial score (nSPS) is 16.5. The molecule has 0 aliphatic carbocycles. The molecule has 3 rings (SSSR count). The molecule has 26 heavy (non-hydrogen) atoms. The summed E-state index contributed by atoms with van der Waals surface area (Å²) < 4.78 is 26.3. The van der Waals surface area contributed by atoms with Gasteiger partial charge in [-0.15, -0.1) is 0 Å². The second kappa shape index (κ2) is 8.41. The molecule has 2 aromatic carbocycles. The van der Waals surface area contributed by atoms with Crippen LogP contribution in [-0.4, -0.2) is 35.1 Å². The molecule has 1 aliphatic rings. The van der Waals surface area contributed by atoms with Gasteiger partial charge in [-0.05, 0) is 55.4 Å². The molecule has 5 heteroatoms. The highest BCUT2D eigenvalue weighted by Crippen LogP contribution is 2.25. The number of amides is 1. The van der Waals surface area contributed by atoms with Gasteiger partial charge in [0.1, 0.15) is 0 Å². The van der Waals surface area contributed by atoms with Gasteiger partial charge in [0.05, 0.1) is 6.10 Å². The molecule has 1 N–H and O–H groups in total. The van der Waals surface area contributed by atoms with Crippen LogP contribution in [0.1, 0.15) is 35.2 Å². The van der Waals surface area contributed by atoms with Crippen LogP contribution >= 0.6 is 0 Å². The van der Waals surface area contributed by atoms with Crippen molar-refractivity contribution in [2.24, 2.45) is 5.92 Å². The molecule has 1 fully saturated rings. The molecule has 1 heterocycles. The highest BCUT2D eigenvalue weighted by molar-refractivity contribution is 5.94. The first-order valence-corrected chi connectivity index (χ1v) is 9.01. The summed E-state index contributed by atoms with van der Waals surface area (Å²) >= 11 is 0. The lowest BCUT2D eigenvalue weighted by Crippen LogP contribution is -2.41. The Kier molecular flexibility index (Phi) is 5.99. The molecule has 0 spiro atoms. The van der Waals surface area contributed by atoms with Crippen LogP contribution < -0.4 is 0 Å². The quantitative estimate of drug-likeness (QED) is 0.882. The van der Waals surface area contributed by atoms with E-state index < -0.39 is 17.7 Å². The Labute approximate surface area is 152 Å². The first kappa shape index (κ1) is 18.5. The van der Waals surface area contributed by atoms with Crippen LogP contribution in [0.25, 0.3) is 0 Å². The third-order valence-corrected chi connectivity index (χ3v) is 5.11. The van der Waals surface area contributed by atoms with E-state index in [-0.39, 0.29) is 17.4 Å². The Bertz CT molecular complexity index is 743. The third kappa shape index (κ3) is 4.47. The van der Waals surface area contributed by atoms with Gasteiger partial charge in [0.25, 0.3) is 5.91 Å². The van der Waals surface area contributed by atoms with Crippen molar-refractivity contribution in [3.63, 3.8) is 0 Å². The van der Waals surface area contributed by atoms with Crippen molar-refractivity contribution in [2.45, 2.75) is 31.8 Å². The first-order chi connectivity index (χ1) is 12.5. The summed E-state index contributed by atoms with van der Waals surface area (Å²) in [7, 11) is 0. The van der Waals surface area contributed by atoms with E-state index in [9.17, 15) is 18.7 Å². The fourth-order valence-corrected chi connectivity index (χ4v) is 3.49. The summed E-state index contributed by atoms with van der Waals surface area (Å²) in [6, 6.07) is 13.3. The molecule has 0 unspecified atom stereocenters. The first-order valence-electron chi connectivity index (χ1n) is 9.01. The van der Waals surface area contributed by atoms with E-state index in [1.165, 1.54) is 11.6 Å². The second-order valence-corrected chi connectivity index (χ2v) is 6.85. The SMILES string of the molecule is O=C(c1ccc(F)c(F)c1)N1CCC([C@H](O)CCc2ccccc2)CC1. The minimum absolute atomic E-state index is 0.159. The minimum Gasteiger partial charge on any atom is -0.393 e. The molecular formula is C21H23F2NO2. The van der Waals surface area contributed by atoms with E-state index in [4.69, 9.17) is 0 Å². The maximum atomic E-state index is 13.3. The number of hydrogen-bond acceptors (Lipinski definition) is 2. The molecule has 0 saturated carbocycles. The van der Waals surface area contributed by atoms with Crippen molar-refractivity contribution in [2.75, 3.05) is 13.1 Å². The fourth-order valence-electron chi connectivity index (χ4n) is 3.49. The molecule has 0 aromatic heterocycles. The smallest absolute Gasteiger partial charge is 0.253 e. The Morgan fingerprint density at radius 3 is 2.42 bits per heavy atom. The van der Waals surface area contributed by atoms with Crippen LogP contribution in [0.4, 0.5) is 8.78 Å². The van der Waals surface area contributed by atoms with Gasteiger partial charge in [0.2, 0.25) is 0 Å². The van der Waals surface area contributed by atoms with E-state index in [0.717, 1.165) is 18.6 Å². The van der Waals surface area contributed by atoms with Crippen molar-refractivity contribution in [3.8, 4) is 0 Å².